The van der Waals surface area contributed by atoms with E-state index >= 15 is 0 Å². The van der Waals surface area contributed by atoms with E-state index in [-0.39, 0.29) is 5.56 Å². The Balaban J connectivity index is 2.72. The molecule has 0 saturated carbocycles. The van der Waals surface area contributed by atoms with E-state index in [1.54, 1.807) is 12.1 Å². The molecule has 1 aromatic rings. The molecule has 0 heterocycles. The highest BCUT2D eigenvalue weighted by molar-refractivity contribution is 5.87. The lowest BCUT2D eigenvalue weighted by Gasteiger charge is -1.93. The highest BCUT2D eigenvalue weighted by Crippen LogP contribution is 2.02. The number of aliphatic hydroxyl groups excluding tert-OH is 2. The van der Waals surface area contributed by atoms with Crippen molar-refractivity contribution < 1.29 is 20.1 Å². The second kappa shape index (κ2) is 6.34. The van der Waals surface area contributed by atoms with Crippen LogP contribution in [0.25, 0.3) is 0 Å². The molecule has 0 aliphatic carbocycles. The Bertz CT molecular complexity index is 508. The molecule has 0 radical (unpaired) electrons. The minimum absolute atomic E-state index is 0.192. The zero-order valence-electron chi connectivity index (χ0n) is 8.84. The predicted molar refractivity (Wildman–Crippen MR) is 61.1 cm³/mol. The first-order valence-corrected chi connectivity index (χ1v) is 4.77. The van der Waals surface area contributed by atoms with Gasteiger partial charge in [0.15, 0.2) is 0 Å². The van der Waals surface area contributed by atoms with Gasteiger partial charge in [0.05, 0.1) is 12.2 Å². The van der Waals surface area contributed by atoms with Crippen molar-refractivity contribution in [3.63, 3.8) is 0 Å². The molecule has 1 atom stereocenters. The molecule has 4 nitrogen and oxygen atoms in total. The predicted octanol–water partition coefficient (Wildman–Crippen LogP) is 0.0929. The van der Waals surface area contributed by atoms with Gasteiger partial charge < -0.3 is 15.3 Å². The first-order chi connectivity index (χ1) is 8.13. The van der Waals surface area contributed by atoms with Crippen LogP contribution in [0.2, 0.25) is 0 Å². The van der Waals surface area contributed by atoms with E-state index in [1.807, 2.05) is 0 Å². The number of aromatic carboxylic acids is 1. The van der Waals surface area contributed by atoms with Crippen LogP contribution in [-0.2, 0) is 0 Å². The van der Waals surface area contributed by atoms with Crippen molar-refractivity contribution in [3.8, 4) is 23.7 Å². The Morgan fingerprint density at radius 1 is 1.24 bits per heavy atom. The number of aliphatic hydroxyl groups is 2. The second-order valence-corrected chi connectivity index (χ2v) is 3.10. The van der Waals surface area contributed by atoms with Gasteiger partial charge in [0.1, 0.15) is 6.10 Å². The number of carboxylic acids is 1. The van der Waals surface area contributed by atoms with E-state index in [0.717, 1.165) is 0 Å². The first kappa shape index (κ1) is 12.8. The maximum absolute atomic E-state index is 10.6. The van der Waals surface area contributed by atoms with Crippen molar-refractivity contribution in [2.24, 2.45) is 0 Å². The summed E-state index contributed by atoms with van der Waals surface area (Å²) in [4.78, 5) is 10.6. The largest absolute Gasteiger partial charge is 0.478 e. The van der Waals surface area contributed by atoms with E-state index in [2.05, 4.69) is 23.7 Å². The highest BCUT2D eigenvalue weighted by atomic mass is 16.4. The number of rotatable bonds is 2. The fraction of sp³-hybridized carbons (Fsp3) is 0.154. The van der Waals surface area contributed by atoms with Crippen LogP contribution in [0.3, 0.4) is 0 Å². The summed E-state index contributed by atoms with van der Waals surface area (Å²) in [5, 5.41) is 26.0. The standard InChI is InChI=1S/C13H10O4/c14-9-12(15)4-2-1-3-10-5-7-11(8-6-10)13(16)17/h5-8,12,14-15H,9H2,(H,16,17). The van der Waals surface area contributed by atoms with Crippen LogP contribution in [-0.4, -0.2) is 34.0 Å². The van der Waals surface area contributed by atoms with E-state index in [0.29, 0.717) is 5.56 Å². The van der Waals surface area contributed by atoms with Crippen molar-refractivity contribution in [3.05, 3.63) is 35.4 Å². The van der Waals surface area contributed by atoms with Gasteiger partial charge >= 0.3 is 5.97 Å². The molecule has 1 unspecified atom stereocenters. The Hall–Kier alpha value is -2.27. The minimum atomic E-state index is -1.08. The van der Waals surface area contributed by atoms with Gasteiger partial charge in [-0.2, -0.15) is 0 Å². The quantitative estimate of drug-likeness (QED) is 0.629. The molecule has 0 fully saturated rings. The van der Waals surface area contributed by atoms with Crippen LogP contribution < -0.4 is 0 Å². The summed E-state index contributed by atoms with van der Waals surface area (Å²) in [7, 11) is 0. The molecule has 3 N–H and O–H groups in total. The lowest BCUT2D eigenvalue weighted by Crippen LogP contribution is -2.07. The summed E-state index contributed by atoms with van der Waals surface area (Å²) < 4.78 is 0. The van der Waals surface area contributed by atoms with Crippen molar-refractivity contribution >= 4 is 5.97 Å². The van der Waals surface area contributed by atoms with Crippen LogP contribution in [0.1, 0.15) is 15.9 Å². The van der Waals surface area contributed by atoms with E-state index in [1.165, 1.54) is 12.1 Å². The topological polar surface area (TPSA) is 77.8 Å². The van der Waals surface area contributed by atoms with Crippen LogP contribution in [0.5, 0.6) is 0 Å². The Labute approximate surface area is 98.5 Å². The normalized spacial score (nSPS) is 10.5. The molecule has 0 saturated heterocycles. The summed E-state index contributed by atoms with van der Waals surface area (Å²) in [6, 6.07) is 6.03. The summed E-state index contributed by atoms with van der Waals surface area (Å²) in [6.07, 6.45) is -1.08. The summed E-state index contributed by atoms with van der Waals surface area (Å²) in [6.45, 7) is -0.429. The van der Waals surface area contributed by atoms with E-state index in [4.69, 9.17) is 15.3 Å². The number of hydrogen-bond acceptors (Lipinski definition) is 3. The molecule has 0 bridgehead atoms. The maximum Gasteiger partial charge on any atom is 0.335 e. The van der Waals surface area contributed by atoms with Gasteiger partial charge in [0.25, 0.3) is 0 Å². The minimum Gasteiger partial charge on any atom is -0.478 e. The Morgan fingerprint density at radius 2 is 1.88 bits per heavy atom. The van der Waals surface area contributed by atoms with E-state index in [9.17, 15) is 4.79 Å². The molecule has 17 heavy (non-hydrogen) atoms. The van der Waals surface area contributed by atoms with Crippen molar-refractivity contribution in [1.82, 2.24) is 0 Å². The smallest absolute Gasteiger partial charge is 0.335 e. The number of carboxylic acid groups (broad SMARTS) is 1. The summed E-state index contributed by atoms with van der Waals surface area (Å²) >= 11 is 0. The second-order valence-electron chi connectivity index (χ2n) is 3.10. The summed E-state index contributed by atoms with van der Waals surface area (Å²) in [5.74, 6) is 8.88. The molecule has 0 amide bonds. The molecular weight excluding hydrogens is 220 g/mol. The molecule has 0 spiro atoms. The molecule has 0 aromatic heterocycles. The monoisotopic (exact) mass is 230 g/mol. The van der Waals surface area contributed by atoms with Gasteiger partial charge in [-0.1, -0.05) is 11.8 Å². The van der Waals surface area contributed by atoms with Crippen LogP contribution >= 0.6 is 0 Å². The van der Waals surface area contributed by atoms with Gasteiger partial charge in [-0.25, -0.2) is 4.79 Å². The molecule has 1 aromatic carbocycles. The van der Waals surface area contributed by atoms with Gasteiger partial charge in [-0.05, 0) is 36.1 Å². The molecule has 86 valence electrons. The third-order valence-electron chi connectivity index (χ3n) is 1.81. The summed E-state index contributed by atoms with van der Waals surface area (Å²) in [5.41, 5.74) is 0.820. The lowest BCUT2D eigenvalue weighted by molar-refractivity contribution is 0.0697. The molecule has 4 heteroatoms. The number of benzene rings is 1. The maximum atomic E-state index is 10.6. The first-order valence-electron chi connectivity index (χ1n) is 4.77. The van der Waals surface area contributed by atoms with Crippen molar-refractivity contribution in [2.45, 2.75) is 6.10 Å². The lowest BCUT2D eigenvalue weighted by atomic mass is 10.1. The SMILES string of the molecule is O=C(O)c1ccc(C#CC#CC(O)CO)cc1. The Morgan fingerprint density at radius 3 is 2.41 bits per heavy atom. The van der Waals surface area contributed by atoms with Crippen LogP contribution in [0, 0.1) is 23.7 Å². The zero-order valence-corrected chi connectivity index (χ0v) is 8.84. The molecule has 0 aliphatic heterocycles. The fourth-order valence-corrected chi connectivity index (χ4v) is 0.965. The number of carbonyl (C=O) groups is 1. The van der Waals surface area contributed by atoms with Crippen LogP contribution in [0.4, 0.5) is 0 Å². The highest BCUT2D eigenvalue weighted by Gasteiger charge is 1.99. The average molecular weight is 230 g/mol. The fourth-order valence-electron chi connectivity index (χ4n) is 0.965. The molecule has 0 aliphatic rings. The van der Waals surface area contributed by atoms with Gasteiger partial charge in [-0.3, -0.25) is 0 Å². The third-order valence-corrected chi connectivity index (χ3v) is 1.81. The van der Waals surface area contributed by atoms with Crippen LogP contribution in [0.15, 0.2) is 24.3 Å². The van der Waals surface area contributed by atoms with Gasteiger partial charge in [-0.15, -0.1) is 0 Å². The number of hydrogen-bond donors (Lipinski definition) is 3. The average Bonchev–Trinajstić information content (AvgIpc) is 2.34. The Kier molecular flexibility index (Phi) is 4.77. The molecular formula is C13H10O4. The van der Waals surface area contributed by atoms with E-state index < -0.39 is 18.7 Å². The van der Waals surface area contributed by atoms with Crippen molar-refractivity contribution in [2.75, 3.05) is 6.61 Å². The van der Waals surface area contributed by atoms with Gasteiger partial charge in [0, 0.05) is 5.56 Å². The van der Waals surface area contributed by atoms with Gasteiger partial charge in [0.2, 0.25) is 0 Å². The molecule has 1 rings (SSSR count). The third kappa shape index (κ3) is 4.40. The van der Waals surface area contributed by atoms with Crippen molar-refractivity contribution in [1.29, 1.82) is 0 Å². The zero-order chi connectivity index (χ0) is 12.7.